The number of hydrogen-bond acceptors (Lipinski definition) is 7. The van der Waals surface area contributed by atoms with Gasteiger partial charge >= 0.3 is 5.76 Å². The lowest BCUT2D eigenvalue weighted by molar-refractivity contribution is 0.0237. The number of aromatic nitrogens is 4. The quantitative estimate of drug-likeness (QED) is 0.474. The van der Waals surface area contributed by atoms with Gasteiger partial charge < -0.3 is 10.1 Å². The molecule has 4 rings (SSSR count). The molecule has 1 saturated heterocycles. The summed E-state index contributed by atoms with van der Waals surface area (Å²) < 4.78 is 13.1. The van der Waals surface area contributed by atoms with Crippen LogP contribution in [-0.2, 0) is 11.3 Å². The molecule has 0 aliphatic carbocycles. The fraction of sp³-hybridized carbons (Fsp3) is 0.400. The van der Waals surface area contributed by atoms with Gasteiger partial charge in [0.15, 0.2) is 5.82 Å². The molecule has 2 aromatic heterocycles. The van der Waals surface area contributed by atoms with Crippen molar-refractivity contribution in [2.24, 2.45) is 5.92 Å². The van der Waals surface area contributed by atoms with Gasteiger partial charge in [0.25, 0.3) is 5.56 Å². The third-order valence-electron chi connectivity index (χ3n) is 5.40. The molecule has 9 nitrogen and oxygen atoms in total. The molecule has 1 fully saturated rings. The van der Waals surface area contributed by atoms with Gasteiger partial charge in [-0.1, -0.05) is 22.8 Å². The van der Waals surface area contributed by atoms with Gasteiger partial charge in [-0.3, -0.25) is 14.3 Å². The highest BCUT2D eigenvalue weighted by atomic mass is 127. The third kappa shape index (κ3) is 4.61. The molecule has 0 spiro atoms. The van der Waals surface area contributed by atoms with Crippen LogP contribution >= 0.6 is 34.2 Å². The fourth-order valence-electron chi connectivity index (χ4n) is 3.74. The molecule has 1 aliphatic rings. The number of H-pyrrole nitrogens is 1. The molecule has 0 amide bonds. The Labute approximate surface area is 196 Å². The predicted molar refractivity (Wildman–Crippen MR) is 123 cm³/mol. The summed E-state index contributed by atoms with van der Waals surface area (Å²) in [5, 5.41) is 12.2. The Balaban J connectivity index is 1.74. The van der Waals surface area contributed by atoms with E-state index in [4.69, 9.17) is 16.3 Å². The van der Waals surface area contributed by atoms with E-state index in [2.05, 4.69) is 47.7 Å². The first kappa shape index (κ1) is 22.2. The summed E-state index contributed by atoms with van der Waals surface area (Å²) in [5.41, 5.74) is 2.24. The molecule has 0 radical (unpaired) electrons. The van der Waals surface area contributed by atoms with Gasteiger partial charge in [-0.2, -0.15) is 5.10 Å². The Bertz CT molecular complexity index is 1220. The Morgan fingerprint density at radius 2 is 2.13 bits per heavy atom. The number of aromatic amines is 1. The van der Waals surface area contributed by atoms with Gasteiger partial charge in [0.2, 0.25) is 0 Å². The average Bonchev–Trinajstić information content (AvgIpc) is 3.02. The van der Waals surface area contributed by atoms with E-state index < -0.39 is 5.76 Å². The van der Waals surface area contributed by atoms with Crippen molar-refractivity contribution in [3.05, 3.63) is 64.5 Å². The Morgan fingerprint density at radius 3 is 2.84 bits per heavy atom. The molecule has 3 aromatic rings. The van der Waals surface area contributed by atoms with Gasteiger partial charge in [0.05, 0.1) is 35.5 Å². The summed E-state index contributed by atoms with van der Waals surface area (Å²) in [6.45, 7) is 5.84. The van der Waals surface area contributed by atoms with Crippen molar-refractivity contribution in [2.75, 3.05) is 19.7 Å². The Morgan fingerprint density at radius 1 is 1.32 bits per heavy atom. The maximum absolute atomic E-state index is 13.3. The molecule has 0 bridgehead atoms. The summed E-state index contributed by atoms with van der Waals surface area (Å²) in [6.07, 6.45) is -0.230. The first-order valence-corrected chi connectivity index (χ1v) is 11.2. The molecule has 1 aliphatic heterocycles. The van der Waals surface area contributed by atoms with E-state index in [0.717, 1.165) is 15.7 Å². The predicted octanol–water partition coefficient (Wildman–Crippen LogP) is 2.44. The monoisotopic (exact) mass is 557 g/mol. The number of rotatable bonds is 4. The Kier molecular flexibility index (Phi) is 6.60. The molecule has 2 atom stereocenters. The van der Waals surface area contributed by atoms with Crippen LogP contribution in [0.5, 0.6) is 0 Å². The summed E-state index contributed by atoms with van der Waals surface area (Å²) in [6, 6.07) is 5.82. The van der Waals surface area contributed by atoms with Crippen molar-refractivity contribution >= 4 is 34.2 Å². The second kappa shape index (κ2) is 9.23. The van der Waals surface area contributed by atoms with Gasteiger partial charge in [0.1, 0.15) is 0 Å². The number of aryl methyl sites for hydroxylation is 1. The van der Waals surface area contributed by atoms with E-state index in [-0.39, 0.29) is 29.0 Å². The standard InChI is InChI=1S/C20H21ClIN5O4/c1-10-11(2)25-27(19(28)16(10)18-24-20(29)31-26-18)9-13-8-23-5-6-30-17(13)12-3-4-14(21)15(22)7-12/h3-4,7,13,17,23H,5-6,8-9H2,1-2H3,(H,24,26,29)/t13-,17-/m0/s1. The SMILES string of the molecule is Cc1nn(C[C@@H]2CNCCO[C@H]2c2ccc(Cl)c(I)c2)c(=O)c(-c2noc(=O)[nH]2)c1C. The average molecular weight is 558 g/mol. The van der Waals surface area contributed by atoms with Crippen LogP contribution < -0.4 is 16.6 Å². The molecule has 164 valence electrons. The minimum Gasteiger partial charge on any atom is -0.372 e. The van der Waals surface area contributed by atoms with Gasteiger partial charge in [-0.05, 0) is 59.7 Å². The highest BCUT2D eigenvalue weighted by Gasteiger charge is 2.29. The maximum Gasteiger partial charge on any atom is 0.439 e. The lowest BCUT2D eigenvalue weighted by Crippen LogP contribution is -2.35. The van der Waals surface area contributed by atoms with Crippen molar-refractivity contribution in [3.8, 4) is 11.4 Å². The largest absolute Gasteiger partial charge is 0.439 e. The first-order chi connectivity index (χ1) is 14.8. The van der Waals surface area contributed by atoms with E-state index in [1.807, 2.05) is 25.1 Å². The van der Waals surface area contributed by atoms with Crippen LogP contribution in [0.2, 0.25) is 5.02 Å². The minimum absolute atomic E-state index is 0.0593. The first-order valence-electron chi connectivity index (χ1n) is 9.77. The van der Waals surface area contributed by atoms with Crippen molar-refractivity contribution in [2.45, 2.75) is 26.5 Å². The van der Waals surface area contributed by atoms with Gasteiger partial charge in [-0.25, -0.2) is 9.48 Å². The Hall–Kier alpha value is -2.02. The van der Waals surface area contributed by atoms with Crippen molar-refractivity contribution < 1.29 is 9.26 Å². The maximum atomic E-state index is 13.3. The summed E-state index contributed by atoms with van der Waals surface area (Å²) in [5.74, 6) is -0.671. The van der Waals surface area contributed by atoms with E-state index in [0.29, 0.717) is 36.0 Å². The van der Waals surface area contributed by atoms with E-state index >= 15 is 0 Å². The van der Waals surface area contributed by atoms with Crippen LogP contribution in [0.25, 0.3) is 11.4 Å². The lowest BCUT2D eigenvalue weighted by Gasteiger charge is -2.26. The molecule has 0 saturated carbocycles. The normalized spacial score (nSPS) is 19.4. The molecule has 31 heavy (non-hydrogen) atoms. The molecule has 2 N–H and O–H groups in total. The van der Waals surface area contributed by atoms with Crippen molar-refractivity contribution in [1.29, 1.82) is 0 Å². The zero-order valence-corrected chi connectivity index (χ0v) is 19.9. The van der Waals surface area contributed by atoms with Crippen LogP contribution in [0.15, 0.2) is 32.3 Å². The van der Waals surface area contributed by atoms with Gasteiger partial charge in [-0.15, -0.1) is 0 Å². The molecule has 0 unspecified atom stereocenters. The van der Waals surface area contributed by atoms with Crippen LogP contribution in [0.3, 0.4) is 0 Å². The number of halogens is 2. The number of hydrogen-bond donors (Lipinski definition) is 2. The zero-order valence-electron chi connectivity index (χ0n) is 16.9. The van der Waals surface area contributed by atoms with Crippen LogP contribution in [0.1, 0.15) is 22.9 Å². The zero-order chi connectivity index (χ0) is 22.1. The fourth-order valence-corrected chi connectivity index (χ4v) is 4.40. The second-order valence-electron chi connectivity index (χ2n) is 7.45. The highest BCUT2D eigenvalue weighted by molar-refractivity contribution is 14.1. The van der Waals surface area contributed by atoms with Crippen LogP contribution in [0.4, 0.5) is 0 Å². The number of nitrogens with one attached hydrogen (secondary N) is 2. The topological polar surface area (TPSA) is 115 Å². The number of benzene rings is 1. The summed E-state index contributed by atoms with van der Waals surface area (Å²) >= 11 is 8.39. The molecule has 3 heterocycles. The molecular weight excluding hydrogens is 537 g/mol. The smallest absolute Gasteiger partial charge is 0.372 e. The summed E-state index contributed by atoms with van der Waals surface area (Å²) in [4.78, 5) is 27.2. The van der Waals surface area contributed by atoms with Crippen molar-refractivity contribution in [3.63, 3.8) is 0 Å². The van der Waals surface area contributed by atoms with E-state index in [1.54, 1.807) is 6.92 Å². The lowest BCUT2D eigenvalue weighted by atomic mass is 9.95. The second-order valence-corrected chi connectivity index (χ2v) is 9.01. The summed E-state index contributed by atoms with van der Waals surface area (Å²) in [7, 11) is 0. The van der Waals surface area contributed by atoms with E-state index in [9.17, 15) is 9.59 Å². The molecule has 11 heteroatoms. The van der Waals surface area contributed by atoms with E-state index in [1.165, 1.54) is 4.68 Å². The van der Waals surface area contributed by atoms with Crippen LogP contribution in [-0.4, -0.2) is 39.6 Å². The molecule has 1 aromatic carbocycles. The van der Waals surface area contributed by atoms with Crippen LogP contribution in [0, 0.1) is 23.3 Å². The third-order valence-corrected chi connectivity index (χ3v) is 6.95. The van der Waals surface area contributed by atoms with Gasteiger partial charge in [0, 0.05) is 22.6 Å². The molecular formula is C20H21ClIN5O4. The number of ether oxygens (including phenoxy) is 1. The minimum atomic E-state index is -0.714. The number of nitrogens with zero attached hydrogens (tertiary/aromatic N) is 3. The van der Waals surface area contributed by atoms with Crippen molar-refractivity contribution in [1.82, 2.24) is 25.2 Å². The highest BCUT2D eigenvalue weighted by Crippen LogP contribution is 2.31.